The number of fused-ring (bicyclic) bond motifs is 1. The first-order valence-electron chi connectivity index (χ1n) is 10.4. The summed E-state index contributed by atoms with van der Waals surface area (Å²) in [6.07, 6.45) is 3.48. The lowest BCUT2D eigenvalue weighted by Gasteiger charge is -2.22. The number of aromatic nitrogens is 2. The van der Waals surface area contributed by atoms with Crippen molar-refractivity contribution in [1.82, 2.24) is 9.55 Å². The minimum atomic E-state index is 0.152. The number of hydrogen-bond acceptors (Lipinski definition) is 5. The number of anilines is 1. The molecule has 0 spiro atoms. The molecule has 156 valence electrons. The van der Waals surface area contributed by atoms with E-state index in [2.05, 4.69) is 36.6 Å². The lowest BCUT2D eigenvalue weighted by Crippen LogP contribution is -2.33. The minimum absolute atomic E-state index is 0.152. The average molecular weight is 432 g/mol. The highest BCUT2D eigenvalue weighted by Gasteiger charge is 2.25. The van der Waals surface area contributed by atoms with E-state index < -0.39 is 0 Å². The Balaban J connectivity index is 1.48. The maximum Gasteiger partial charge on any atom is 0.237 e. The van der Waals surface area contributed by atoms with Crippen LogP contribution in [0.5, 0.6) is 0 Å². The first kappa shape index (κ1) is 20.8. The van der Waals surface area contributed by atoms with Gasteiger partial charge in [0, 0.05) is 29.0 Å². The number of nitrogens with zero attached hydrogens (tertiary/aromatic N) is 3. The Bertz CT molecular complexity index is 877. The molecule has 2 aliphatic heterocycles. The average Bonchev–Trinajstić information content (AvgIpc) is 3.26. The maximum atomic E-state index is 13.2. The van der Waals surface area contributed by atoms with Crippen molar-refractivity contribution in [3.63, 3.8) is 0 Å². The third-order valence-electron chi connectivity index (χ3n) is 5.70. The molecule has 1 aromatic carbocycles. The fourth-order valence-corrected chi connectivity index (χ4v) is 5.98. The largest absolute Gasteiger partial charge is 0.376 e. The van der Waals surface area contributed by atoms with Crippen molar-refractivity contribution >= 4 is 35.1 Å². The molecule has 0 bridgehead atoms. The molecule has 0 N–H and O–H groups in total. The number of hydrogen-bond donors (Lipinski definition) is 0. The van der Waals surface area contributed by atoms with Crippen molar-refractivity contribution in [3.05, 3.63) is 35.7 Å². The van der Waals surface area contributed by atoms with Crippen LogP contribution >= 0.6 is 23.5 Å². The highest BCUT2D eigenvalue weighted by Crippen LogP contribution is 2.37. The number of aryl methyl sites for hydroxylation is 1. The summed E-state index contributed by atoms with van der Waals surface area (Å²) in [6, 6.07) is 8.25. The van der Waals surface area contributed by atoms with Crippen LogP contribution in [0.4, 0.5) is 5.69 Å². The molecule has 2 aromatic rings. The molecule has 1 saturated heterocycles. The van der Waals surface area contributed by atoms with Crippen LogP contribution in [-0.4, -0.2) is 45.7 Å². The van der Waals surface area contributed by atoms with Gasteiger partial charge in [0.2, 0.25) is 5.91 Å². The van der Waals surface area contributed by atoms with Crippen LogP contribution in [0.25, 0.3) is 0 Å². The third-order valence-corrected chi connectivity index (χ3v) is 7.90. The standard InChI is InChI=1S/C22H29N3O2S2/c1-15-10-11-24(19-8-4-5-9-20(19)29-15)21(26)14-28-22-23-16(2)17(3)25(22)13-18-7-6-12-27-18/h4-5,8-9,15,18H,6-7,10-14H2,1-3H3/t15-,18+/m0/s1. The summed E-state index contributed by atoms with van der Waals surface area (Å²) in [6.45, 7) is 8.82. The molecule has 0 unspecified atom stereocenters. The lowest BCUT2D eigenvalue weighted by molar-refractivity contribution is -0.116. The number of carbonyl (C=O) groups excluding carboxylic acids is 1. The van der Waals surface area contributed by atoms with Gasteiger partial charge >= 0.3 is 0 Å². The highest BCUT2D eigenvalue weighted by atomic mass is 32.2. The molecule has 3 heterocycles. The van der Waals surface area contributed by atoms with Crippen LogP contribution in [-0.2, 0) is 16.1 Å². The van der Waals surface area contributed by atoms with Crippen molar-refractivity contribution in [1.29, 1.82) is 0 Å². The Kier molecular flexibility index (Phi) is 6.56. The van der Waals surface area contributed by atoms with Crippen LogP contribution in [0.3, 0.4) is 0 Å². The molecule has 2 atom stereocenters. The fraction of sp³-hybridized carbons (Fsp3) is 0.545. The topological polar surface area (TPSA) is 47.4 Å². The van der Waals surface area contributed by atoms with Crippen LogP contribution in [0, 0.1) is 13.8 Å². The second-order valence-corrected chi connectivity index (χ2v) is 10.3. The second kappa shape index (κ2) is 9.14. The Morgan fingerprint density at radius 1 is 1.31 bits per heavy atom. The molecular weight excluding hydrogens is 402 g/mol. The lowest BCUT2D eigenvalue weighted by atomic mass is 10.2. The SMILES string of the molecule is Cc1nc(SCC(=O)N2CC[C@H](C)Sc3ccccc32)n(C[C@H]2CCCO2)c1C. The predicted octanol–water partition coefficient (Wildman–Crippen LogP) is 4.69. The van der Waals surface area contributed by atoms with E-state index in [0.29, 0.717) is 11.0 Å². The molecule has 2 aliphatic rings. The van der Waals surface area contributed by atoms with E-state index in [0.717, 1.165) is 55.5 Å². The van der Waals surface area contributed by atoms with E-state index in [-0.39, 0.29) is 12.0 Å². The second-order valence-electron chi connectivity index (χ2n) is 7.83. The summed E-state index contributed by atoms with van der Waals surface area (Å²) in [5, 5.41) is 1.44. The number of imidazole rings is 1. The van der Waals surface area contributed by atoms with Gasteiger partial charge in [-0.25, -0.2) is 4.98 Å². The Morgan fingerprint density at radius 3 is 2.93 bits per heavy atom. The van der Waals surface area contributed by atoms with E-state index in [9.17, 15) is 4.79 Å². The third kappa shape index (κ3) is 4.67. The molecule has 1 aromatic heterocycles. The minimum Gasteiger partial charge on any atom is -0.376 e. The zero-order valence-electron chi connectivity index (χ0n) is 17.4. The van der Waals surface area contributed by atoms with Gasteiger partial charge in [0.15, 0.2) is 5.16 Å². The quantitative estimate of drug-likeness (QED) is 0.643. The van der Waals surface area contributed by atoms with Crippen molar-refractivity contribution in [3.8, 4) is 0 Å². The Morgan fingerprint density at radius 2 is 2.14 bits per heavy atom. The number of carbonyl (C=O) groups is 1. The van der Waals surface area contributed by atoms with Gasteiger partial charge in [-0.3, -0.25) is 4.79 Å². The summed E-state index contributed by atoms with van der Waals surface area (Å²) >= 11 is 3.41. The smallest absolute Gasteiger partial charge is 0.237 e. The van der Waals surface area contributed by atoms with E-state index in [4.69, 9.17) is 9.72 Å². The van der Waals surface area contributed by atoms with Crippen LogP contribution < -0.4 is 4.90 Å². The molecule has 1 fully saturated rings. The molecule has 29 heavy (non-hydrogen) atoms. The zero-order chi connectivity index (χ0) is 20.4. The number of para-hydroxylation sites is 1. The first-order chi connectivity index (χ1) is 14.0. The van der Waals surface area contributed by atoms with Gasteiger partial charge in [0.1, 0.15) is 0 Å². The van der Waals surface area contributed by atoms with Crippen molar-refractivity contribution in [2.75, 3.05) is 23.8 Å². The first-order valence-corrected chi connectivity index (χ1v) is 12.2. The van der Waals surface area contributed by atoms with Gasteiger partial charge in [-0.2, -0.15) is 0 Å². The van der Waals surface area contributed by atoms with Crippen LogP contribution in [0.1, 0.15) is 37.6 Å². The molecule has 4 rings (SSSR count). The predicted molar refractivity (Wildman–Crippen MR) is 120 cm³/mol. The summed E-state index contributed by atoms with van der Waals surface area (Å²) in [7, 11) is 0. The van der Waals surface area contributed by atoms with Crippen LogP contribution in [0.2, 0.25) is 0 Å². The van der Waals surface area contributed by atoms with Crippen molar-refractivity contribution in [2.45, 2.75) is 68.0 Å². The van der Waals surface area contributed by atoms with Gasteiger partial charge in [0.05, 0.1) is 29.8 Å². The number of thioether (sulfide) groups is 2. The van der Waals surface area contributed by atoms with Gasteiger partial charge < -0.3 is 14.2 Å². The molecule has 7 heteroatoms. The number of amides is 1. The number of rotatable bonds is 5. The van der Waals surface area contributed by atoms with Crippen LogP contribution in [0.15, 0.2) is 34.3 Å². The van der Waals surface area contributed by atoms with E-state index in [1.165, 1.54) is 10.6 Å². The normalized spacial score (nSPS) is 21.8. The Hall–Kier alpha value is -1.44. The van der Waals surface area contributed by atoms with Gasteiger partial charge in [-0.15, -0.1) is 11.8 Å². The molecule has 0 aliphatic carbocycles. The Labute approximate surface area is 181 Å². The summed E-state index contributed by atoms with van der Waals surface area (Å²) in [5.74, 6) is 0.550. The molecule has 1 amide bonds. The van der Waals surface area contributed by atoms with Crippen molar-refractivity contribution < 1.29 is 9.53 Å². The van der Waals surface area contributed by atoms with Gasteiger partial charge in [-0.05, 0) is 45.2 Å². The fourth-order valence-electron chi connectivity index (χ4n) is 3.89. The molecule has 0 radical (unpaired) electrons. The van der Waals surface area contributed by atoms with Gasteiger partial charge in [-0.1, -0.05) is 30.8 Å². The summed E-state index contributed by atoms with van der Waals surface area (Å²) < 4.78 is 8.06. The monoisotopic (exact) mass is 431 g/mol. The van der Waals surface area contributed by atoms with Crippen molar-refractivity contribution in [2.24, 2.45) is 0 Å². The van der Waals surface area contributed by atoms with E-state index in [1.807, 2.05) is 29.7 Å². The zero-order valence-corrected chi connectivity index (χ0v) is 19.0. The van der Waals surface area contributed by atoms with Gasteiger partial charge in [0.25, 0.3) is 0 Å². The number of benzene rings is 1. The number of ether oxygens (including phenoxy) is 1. The molecule has 5 nitrogen and oxygen atoms in total. The van der Waals surface area contributed by atoms with E-state index in [1.54, 1.807) is 11.8 Å². The molecular formula is C22H29N3O2S2. The molecule has 0 saturated carbocycles. The van der Waals surface area contributed by atoms with E-state index >= 15 is 0 Å². The summed E-state index contributed by atoms with van der Waals surface area (Å²) in [4.78, 5) is 21.1. The highest BCUT2D eigenvalue weighted by molar-refractivity contribution is 8.00. The maximum absolute atomic E-state index is 13.2. The summed E-state index contributed by atoms with van der Waals surface area (Å²) in [5.41, 5.74) is 3.24.